The fourth-order valence-corrected chi connectivity index (χ4v) is 1.66. The highest BCUT2D eigenvalue weighted by Crippen LogP contribution is 1.99. The molecule has 0 bridgehead atoms. The number of carbonyl (C=O) groups excluding carboxylic acids is 1. The molecule has 0 saturated carbocycles. The van der Waals surface area contributed by atoms with E-state index in [2.05, 4.69) is 15.3 Å². The van der Waals surface area contributed by atoms with Crippen LogP contribution in [0.25, 0.3) is 0 Å². The van der Waals surface area contributed by atoms with Crippen LogP contribution < -0.4 is 5.32 Å². The van der Waals surface area contributed by atoms with Crippen molar-refractivity contribution in [2.45, 2.75) is 6.54 Å². The van der Waals surface area contributed by atoms with Crippen molar-refractivity contribution in [1.82, 2.24) is 19.9 Å². The van der Waals surface area contributed by atoms with Crippen LogP contribution in [-0.4, -0.2) is 27.0 Å². The number of carbonyl (C=O) groups is 1. The molecule has 78 valence electrons. The van der Waals surface area contributed by atoms with Crippen molar-refractivity contribution < 1.29 is 4.79 Å². The lowest BCUT2D eigenvalue weighted by atomic mass is 10.4. The molecule has 0 aromatic carbocycles. The molecule has 2 aromatic heterocycles. The van der Waals surface area contributed by atoms with Crippen molar-refractivity contribution in [2.24, 2.45) is 0 Å². The topological polar surface area (TPSA) is 59.8 Å². The monoisotopic (exact) mass is 222 g/mol. The molecule has 1 N–H and O–H groups in total. The second-order valence-corrected chi connectivity index (χ2v) is 3.65. The molecule has 6 heteroatoms. The molecule has 2 heterocycles. The molecule has 2 rings (SSSR count). The number of amides is 1. The van der Waals surface area contributed by atoms with Gasteiger partial charge in [0.1, 0.15) is 5.69 Å². The Labute approximate surface area is 90.8 Å². The van der Waals surface area contributed by atoms with Gasteiger partial charge in [-0.15, -0.1) is 11.3 Å². The van der Waals surface area contributed by atoms with Gasteiger partial charge in [0.05, 0.1) is 11.8 Å². The second-order valence-electron chi connectivity index (χ2n) is 2.93. The largest absolute Gasteiger partial charge is 0.349 e. The smallest absolute Gasteiger partial charge is 0.270 e. The third kappa shape index (κ3) is 2.63. The molecule has 0 saturated heterocycles. The van der Waals surface area contributed by atoms with E-state index in [9.17, 15) is 4.79 Å². The summed E-state index contributed by atoms with van der Waals surface area (Å²) in [5, 5.41) is 4.51. The minimum absolute atomic E-state index is 0.128. The molecule has 0 aliphatic carbocycles. The summed E-state index contributed by atoms with van der Waals surface area (Å²) in [6, 6.07) is 0. The lowest BCUT2D eigenvalue weighted by Gasteiger charge is -2.03. The molecular formula is C9H10N4OS. The number of nitrogens with zero attached hydrogens (tertiary/aromatic N) is 3. The zero-order valence-electron chi connectivity index (χ0n) is 7.96. The maximum absolute atomic E-state index is 11.4. The Morgan fingerprint density at radius 2 is 2.53 bits per heavy atom. The van der Waals surface area contributed by atoms with Gasteiger partial charge in [0.15, 0.2) is 0 Å². The summed E-state index contributed by atoms with van der Waals surface area (Å²) in [5.41, 5.74) is 2.12. The second kappa shape index (κ2) is 4.70. The number of imidazole rings is 1. The molecule has 0 spiro atoms. The zero-order valence-corrected chi connectivity index (χ0v) is 8.78. The predicted octanol–water partition coefficient (Wildman–Crippen LogP) is 0.770. The van der Waals surface area contributed by atoms with Gasteiger partial charge in [0.25, 0.3) is 5.91 Å². The Morgan fingerprint density at radius 1 is 1.60 bits per heavy atom. The molecule has 1 amide bonds. The van der Waals surface area contributed by atoms with Crippen molar-refractivity contribution in [3.05, 3.63) is 35.3 Å². The van der Waals surface area contributed by atoms with Crippen LogP contribution in [0.3, 0.4) is 0 Å². The predicted molar refractivity (Wildman–Crippen MR) is 56.7 cm³/mol. The molecule has 0 unspecified atom stereocenters. The van der Waals surface area contributed by atoms with Gasteiger partial charge in [-0.25, -0.2) is 9.97 Å². The van der Waals surface area contributed by atoms with Crippen molar-refractivity contribution in [3.63, 3.8) is 0 Å². The number of aromatic nitrogens is 3. The maximum Gasteiger partial charge on any atom is 0.270 e. The fraction of sp³-hybridized carbons (Fsp3) is 0.222. The highest BCUT2D eigenvalue weighted by Gasteiger charge is 2.05. The van der Waals surface area contributed by atoms with Gasteiger partial charge < -0.3 is 9.88 Å². The number of rotatable bonds is 4. The molecule has 5 nitrogen and oxygen atoms in total. The Kier molecular flexibility index (Phi) is 3.08. The van der Waals surface area contributed by atoms with Crippen molar-refractivity contribution in [2.75, 3.05) is 6.54 Å². The summed E-state index contributed by atoms with van der Waals surface area (Å²) < 4.78 is 1.90. The van der Waals surface area contributed by atoms with Crippen LogP contribution in [0.1, 0.15) is 10.5 Å². The minimum Gasteiger partial charge on any atom is -0.349 e. The first-order valence-corrected chi connectivity index (χ1v) is 5.42. The molecule has 0 fully saturated rings. The SMILES string of the molecule is O=C(NCCn1ccnc1)c1cscn1. The van der Waals surface area contributed by atoms with Gasteiger partial charge in [-0.3, -0.25) is 4.79 Å². The van der Waals surface area contributed by atoms with E-state index >= 15 is 0 Å². The number of hydrogen-bond donors (Lipinski definition) is 1. The zero-order chi connectivity index (χ0) is 10.5. The van der Waals surface area contributed by atoms with Crippen LogP contribution in [0.5, 0.6) is 0 Å². The summed E-state index contributed by atoms with van der Waals surface area (Å²) in [6.07, 6.45) is 5.28. The third-order valence-electron chi connectivity index (χ3n) is 1.88. The summed E-state index contributed by atoms with van der Waals surface area (Å²) >= 11 is 1.41. The Balaban J connectivity index is 1.77. The van der Waals surface area contributed by atoms with E-state index in [1.165, 1.54) is 11.3 Å². The van der Waals surface area contributed by atoms with E-state index in [0.717, 1.165) is 6.54 Å². The summed E-state index contributed by atoms with van der Waals surface area (Å²) in [5.74, 6) is -0.128. The molecule has 0 radical (unpaired) electrons. The normalized spacial score (nSPS) is 10.1. The van der Waals surface area contributed by atoms with Crippen molar-refractivity contribution >= 4 is 17.2 Å². The Bertz CT molecular complexity index is 409. The number of hydrogen-bond acceptors (Lipinski definition) is 4. The first-order valence-electron chi connectivity index (χ1n) is 4.48. The summed E-state index contributed by atoms with van der Waals surface area (Å²) in [7, 11) is 0. The van der Waals surface area contributed by atoms with E-state index in [0.29, 0.717) is 12.2 Å². The maximum atomic E-state index is 11.4. The van der Waals surface area contributed by atoms with E-state index in [1.807, 2.05) is 10.8 Å². The van der Waals surface area contributed by atoms with Crippen molar-refractivity contribution in [1.29, 1.82) is 0 Å². The third-order valence-corrected chi connectivity index (χ3v) is 2.47. The van der Waals surface area contributed by atoms with Gasteiger partial charge >= 0.3 is 0 Å². The van der Waals surface area contributed by atoms with Gasteiger partial charge in [-0.05, 0) is 0 Å². The molecular weight excluding hydrogens is 212 g/mol. The van der Waals surface area contributed by atoms with Crippen molar-refractivity contribution in [3.8, 4) is 0 Å². The minimum atomic E-state index is -0.128. The van der Waals surface area contributed by atoms with Gasteiger partial charge in [-0.2, -0.15) is 0 Å². The standard InChI is InChI=1S/C9H10N4OS/c14-9(8-5-15-7-12-8)11-2-4-13-3-1-10-6-13/h1,3,5-7H,2,4H2,(H,11,14). The highest BCUT2D eigenvalue weighted by molar-refractivity contribution is 7.07. The average molecular weight is 222 g/mol. The van der Waals surface area contributed by atoms with Crippen LogP contribution in [0.2, 0.25) is 0 Å². The molecule has 15 heavy (non-hydrogen) atoms. The lowest BCUT2D eigenvalue weighted by molar-refractivity contribution is 0.0948. The van der Waals surface area contributed by atoms with E-state index in [4.69, 9.17) is 0 Å². The van der Waals surface area contributed by atoms with Crippen LogP contribution in [0, 0.1) is 0 Å². The summed E-state index contributed by atoms with van der Waals surface area (Å²) in [6.45, 7) is 1.29. The van der Waals surface area contributed by atoms with Gasteiger partial charge in [0, 0.05) is 30.9 Å². The quantitative estimate of drug-likeness (QED) is 0.831. The van der Waals surface area contributed by atoms with E-state index in [1.54, 1.807) is 23.4 Å². The Hall–Kier alpha value is -1.69. The number of thiazole rings is 1. The van der Waals surface area contributed by atoms with Gasteiger partial charge in [0.2, 0.25) is 0 Å². The first kappa shape index (κ1) is 9.85. The fourth-order valence-electron chi connectivity index (χ4n) is 1.13. The lowest BCUT2D eigenvalue weighted by Crippen LogP contribution is -2.27. The van der Waals surface area contributed by atoms with E-state index in [-0.39, 0.29) is 5.91 Å². The van der Waals surface area contributed by atoms with E-state index < -0.39 is 0 Å². The molecule has 0 aliphatic heterocycles. The van der Waals surface area contributed by atoms with Crippen LogP contribution in [-0.2, 0) is 6.54 Å². The first-order chi connectivity index (χ1) is 7.36. The highest BCUT2D eigenvalue weighted by atomic mass is 32.1. The Morgan fingerprint density at radius 3 is 3.20 bits per heavy atom. The molecule has 2 aromatic rings. The van der Waals surface area contributed by atoms with Crippen LogP contribution in [0.15, 0.2) is 29.6 Å². The van der Waals surface area contributed by atoms with Crippen LogP contribution >= 0.6 is 11.3 Å². The molecule has 0 aliphatic rings. The average Bonchev–Trinajstić information content (AvgIpc) is 2.90. The number of nitrogens with one attached hydrogen (secondary N) is 1. The van der Waals surface area contributed by atoms with Gasteiger partial charge in [-0.1, -0.05) is 0 Å². The van der Waals surface area contributed by atoms with Crippen LogP contribution in [0.4, 0.5) is 0 Å². The molecule has 0 atom stereocenters. The summed E-state index contributed by atoms with van der Waals surface area (Å²) in [4.78, 5) is 19.3.